The molecule has 0 N–H and O–H groups in total. The zero-order valence-electron chi connectivity index (χ0n) is 10.9. The Morgan fingerprint density at radius 1 is 1.29 bits per heavy atom. The first-order valence-corrected chi connectivity index (χ1v) is 6.73. The number of hydrogen-bond donors (Lipinski definition) is 0. The van der Waals surface area contributed by atoms with E-state index in [-0.39, 0.29) is 0 Å². The summed E-state index contributed by atoms with van der Waals surface area (Å²) < 4.78 is 3.59. The third-order valence-electron chi connectivity index (χ3n) is 2.90. The average Bonchev–Trinajstić information content (AvgIpc) is 2.56. The molecule has 0 aliphatic carbocycles. The van der Waals surface area contributed by atoms with E-state index in [0.29, 0.717) is 6.04 Å². The maximum absolute atomic E-state index is 3.63. The van der Waals surface area contributed by atoms with Crippen molar-refractivity contribution in [1.82, 2.24) is 9.47 Å². The monoisotopic (exact) mass is 294 g/mol. The fraction of sp³-hybridized carbons (Fsp3) is 0.429. The molecular weight excluding hydrogens is 276 g/mol. The van der Waals surface area contributed by atoms with Crippen molar-refractivity contribution < 1.29 is 0 Å². The molecule has 3 heteroatoms. The van der Waals surface area contributed by atoms with Crippen LogP contribution in [0, 0.1) is 0 Å². The van der Waals surface area contributed by atoms with E-state index in [1.165, 1.54) is 21.1 Å². The van der Waals surface area contributed by atoms with Gasteiger partial charge in [0.15, 0.2) is 0 Å². The molecule has 0 bridgehead atoms. The van der Waals surface area contributed by atoms with Crippen LogP contribution in [0.25, 0.3) is 10.9 Å². The van der Waals surface area contributed by atoms with Gasteiger partial charge in [0.25, 0.3) is 0 Å². The third-order valence-corrected chi connectivity index (χ3v) is 3.60. The lowest BCUT2D eigenvalue weighted by molar-refractivity contribution is 0.384. The molecular formula is C14H19BrN2. The van der Waals surface area contributed by atoms with Crippen molar-refractivity contribution in [3.8, 4) is 0 Å². The summed E-state index contributed by atoms with van der Waals surface area (Å²) >= 11 is 3.63. The fourth-order valence-electron chi connectivity index (χ4n) is 2.33. The summed E-state index contributed by atoms with van der Waals surface area (Å²) in [5, 5.41) is 1.30. The van der Waals surface area contributed by atoms with Gasteiger partial charge in [-0.2, -0.15) is 0 Å². The molecule has 2 aromatic rings. The minimum atomic E-state index is 0.483. The first kappa shape index (κ1) is 12.7. The van der Waals surface area contributed by atoms with E-state index < -0.39 is 0 Å². The van der Waals surface area contributed by atoms with E-state index in [2.05, 4.69) is 77.6 Å². The Hall–Kier alpha value is -0.800. The molecule has 17 heavy (non-hydrogen) atoms. The molecule has 92 valence electrons. The van der Waals surface area contributed by atoms with E-state index in [9.17, 15) is 0 Å². The number of halogens is 1. The summed E-state index contributed by atoms with van der Waals surface area (Å²) in [5.74, 6) is 0. The van der Waals surface area contributed by atoms with Crippen LogP contribution in [0.1, 0.15) is 25.6 Å². The van der Waals surface area contributed by atoms with Gasteiger partial charge in [-0.1, -0.05) is 22.0 Å². The summed E-state index contributed by atoms with van der Waals surface area (Å²) in [7, 11) is 4.22. The number of aromatic nitrogens is 1. The van der Waals surface area contributed by atoms with Crippen molar-refractivity contribution in [3.05, 3.63) is 34.4 Å². The molecule has 1 aromatic heterocycles. The molecule has 0 fully saturated rings. The Bertz CT molecular complexity index is 526. The van der Waals surface area contributed by atoms with Gasteiger partial charge in [0.2, 0.25) is 0 Å². The van der Waals surface area contributed by atoms with E-state index >= 15 is 0 Å². The Morgan fingerprint density at radius 2 is 2.00 bits per heavy atom. The SMILES string of the molecule is CC(C)n1c(CN(C)C)cc2c(Br)cccc21. The summed E-state index contributed by atoms with van der Waals surface area (Å²) in [4.78, 5) is 2.21. The number of benzene rings is 1. The predicted molar refractivity (Wildman–Crippen MR) is 77.4 cm³/mol. The van der Waals surface area contributed by atoms with Gasteiger partial charge in [-0.15, -0.1) is 0 Å². The minimum absolute atomic E-state index is 0.483. The van der Waals surface area contributed by atoms with Crippen molar-refractivity contribution in [1.29, 1.82) is 0 Å². The van der Waals surface area contributed by atoms with Crippen LogP contribution in [0.4, 0.5) is 0 Å². The Balaban J connectivity index is 2.66. The van der Waals surface area contributed by atoms with Crippen LogP contribution in [0.5, 0.6) is 0 Å². The van der Waals surface area contributed by atoms with Crippen molar-refractivity contribution in [2.24, 2.45) is 0 Å². The van der Waals surface area contributed by atoms with Crippen molar-refractivity contribution in [2.75, 3.05) is 14.1 Å². The Kier molecular flexibility index (Phi) is 3.59. The van der Waals surface area contributed by atoms with Crippen LogP contribution >= 0.6 is 15.9 Å². The molecule has 0 unspecified atom stereocenters. The van der Waals surface area contributed by atoms with Crippen molar-refractivity contribution >= 4 is 26.8 Å². The van der Waals surface area contributed by atoms with Gasteiger partial charge in [0.05, 0.1) is 0 Å². The largest absolute Gasteiger partial charge is 0.341 e. The zero-order chi connectivity index (χ0) is 12.6. The fourth-order valence-corrected chi connectivity index (χ4v) is 2.80. The normalized spacial score (nSPS) is 11.9. The molecule has 0 aliphatic rings. The summed E-state index contributed by atoms with van der Waals surface area (Å²) in [6.45, 7) is 5.44. The van der Waals surface area contributed by atoms with Gasteiger partial charge in [0.1, 0.15) is 0 Å². The second-order valence-corrected chi connectivity index (χ2v) is 5.86. The molecule has 0 radical (unpaired) electrons. The summed E-state index contributed by atoms with van der Waals surface area (Å²) in [5.41, 5.74) is 2.68. The molecule has 0 atom stereocenters. The standard InChI is InChI=1S/C14H19BrN2/c1-10(2)17-11(9-16(3)4)8-12-13(15)6-5-7-14(12)17/h5-8,10H,9H2,1-4H3. The van der Waals surface area contributed by atoms with Crippen molar-refractivity contribution in [3.63, 3.8) is 0 Å². The molecule has 1 aromatic carbocycles. The average molecular weight is 295 g/mol. The highest BCUT2D eigenvalue weighted by atomic mass is 79.9. The summed E-state index contributed by atoms with van der Waals surface area (Å²) in [6.07, 6.45) is 0. The predicted octanol–water partition coefficient (Wildman–Crippen LogP) is 4.05. The minimum Gasteiger partial charge on any atom is -0.341 e. The zero-order valence-corrected chi connectivity index (χ0v) is 12.5. The van der Waals surface area contributed by atoms with Crippen LogP contribution in [0.15, 0.2) is 28.7 Å². The molecule has 0 amide bonds. The van der Waals surface area contributed by atoms with E-state index in [1.54, 1.807) is 0 Å². The van der Waals surface area contributed by atoms with Gasteiger partial charge in [-0.05, 0) is 46.1 Å². The van der Waals surface area contributed by atoms with Crippen LogP contribution in [0.3, 0.4) is 0 Å². The quantitative estimate of drug-likeness (QED) is 0.829. The first-order valence-electron chi connectivity index (χ1n) is 5.93. The van der Waals surface area contributed by atoms with Crippen LogP contribution in [0.2, 0.25) is 0 Å². The Morgan fingerprint density at radius 3 is 2.59 bits per heavy atom. The third kappa shape index (κ3) is 2.40. The molecule has 0 spiro atoms. The highest BCUT2D eigenvalue weighted by Crippen LogP contribution is 2.30. The molecule has 2 nitrogen and oxygen atoms in total. The number of nitrogens with zero attached hydrogens (tertiary/aromatic N) is 2. The van der Waals surface area contributed by atoms with Gasteiger partial charge >= 0.3 is 0 Å². The number of fused-ring (bicyclic) bond motifs is 1. The Labute approximate surface area is 111 Å². The molecule has 1 heterocycles. The molecule has 0 saturated heterocycles. The lowest BCUT2D eigenvalue weighted by Gasteiger charge is -2.17. The molecule has 2 rings (SSSR count). The first-order chi connectivity index (χ1) is 8.00. The van der Waals surface area contributed by atoms with Crippen LogP contribution in [-0.4, -0.2) is 23.6 Å². The second-order valence-electron chi connectivity index (χ2n) is 5.01. The van der Waals surface area contributed by atoms with Crippen molar-refractivity contribution in [2.45, 2.75) is 26.4 Å². The number of hydrogen-bond acceptors (Lipinski definition) is 1. The highest BCUT2D eigenvalue weighted by molar-refractivity contribution is 9.10. The number of rotatable bonds is 3. The maximum Gasteiger partial charge on any atom is 0.0496 e. The highest BCUT2D eigenvalue weighted by Gasteiger charge is 2.13. The lowest BCUT2D eigenvalue weighted by Crippen LogP contribution is -2.15. The van der Waals surface area contributed by atoms with E-state index in [0.717, 1.165) is 6.54 Å². The van der Waals surface area contributed by atoms with Gasteiger partial charge in [-0.25, -0.2) is 0 Å². The lowest BCUT2D eigenvalue weighted by atomic mass is 10.2. The second kappa shape index (κ2) is 4.83. The maximum atomic E-state index is 3.63. The van der Waals surface area contributed by atoms with Gasteiger partial charge in [0, 0.05) is 33.7 Å². The van der Waals surface area contributed by atoms with Gasteiger partial charge < -0.3 is 9.47 Å². The summed E-state index contributed by atoms with van der Waals surface area (Å²) in [6, 6.07) is 9.17. The van der Waals surface area contributed by atoms with E-state index in [4.69, 9.17) is 0 Å². The smallest absolute Gasteiger partial charge is 0.0496 e. The van der Waals surface area contributed by atoms with Crippen LogP contribution in [-0.2, 0) is 6.54 Å². The van der Waals surface area contributed by atoms with Crippen LogP contribution < -0.4 is 0 Å². The topological polar surface area (TPSA) is 8.17 Å². The van der Waals surface area contributed by atoms with E-state index in [1.807, 2.05) is 0 Å². The van der Waals surface area contributed by atoms with Gasteiger partial charge in [-0.3, -0.25) is 0 Å². The molecule has 0 aliphatic heterocycles. The molecule has 0 saturated carbocycles.